The zero-order valence-corrected chi connectivity index (χ0v) is 12.4. The third-order valence-corrected chi connectivity index (χ3v) is 5.31. The van der Waals surface area contributed by atoms with Gasteiger partial charge in [0, 0.05) is 11.3 Å². The molecule has 1 aliphatic heterocycles. The first-order valence-electron chi connectivity index (χ1n) is 7.09. The van der Waals surface area contributed by atoms with E-state index in [2.05, 4.69) is 10.3 Å². The van der Waals surface area contributed by atoms with Gasteiger partial charge in [0.2, 0.25) is 0 Å². The zero-order chi connectivity index (χ0) is 14.9. The van der Waals surface area contributed by atoms with Gasteiger partial charge in [-0.15, -0.1) is 0 Å². The normalized spacial score (nSPS) is 22.9. The lowest BCUT2D eigenvalue weighted by Crippen LogP contribution is -2.40. The average molecular weight is 314 g/mol. The molecule has 2 nitrogen and oxygen atoms in total. The van der Waals surface area contributed by atoms with Crippen LogP contribution in [0.2, 0.25) is 0 Å². The van der Waals surface area contributed by atoms with Crippen molar-refractivity contribution in [3.8, 4) is 0 Å². The van der Waals surface area contributed by atoms with Crippen molar-refractivity contribution < 1.29 is 13.2 Å². The van der Waals surface area contributed by atoms with E-state index in [-0.39, 0.29) is 5.54 Å². The number of halogens is 3. The average Bonchev–Trinajstić information content (AvgIpc) is 3.07. The minimum Gasteiger partial charge on any atom is -0.359 e. The second-order valence-electron chi connectivity index (χ2n) is 5.72. The molecule has 2 aliphatic rings. The minimum absolute atomic E-state index is 0.226. The number of benzene rings is 1. The molecule has 0 aromatic heterocycles. The molecule has 21 heavy (non-hydrogen) atoms. The topological polar surface area (TPSA) is 24.4 Å². The van der Waals surface area contributed by atoms with E-state index in [4.69, 9.17) is 0 Å². The van der Waals surface area contributed by atoms with Gasteiger partial charge in [0.15, 0.2) is 5.17 Å². The van der Waals surface area contributed by atoms with E-state index in [1.807, 2.05) is 0 Å². The fourth-order valence-corrected chi connectivity index (χ4v) is 4.09. The Bertz CT molecular complexity index is 531. The molecule has 0 atom stereocenters. The zero-order valence-electron chi connectivity index (χ0n) is 11.5. The van der Waals surface area contributed by atoms with Crippen LogP contribution in [0.3, 0.4) is 0 Å². The molecule has 6 heteroatoms. The molecule has 0 unspecified atom stereocenters. The highest BCUT2D eigenvalue weighted by atomic mass is 32.2. The highest BCUT2D eigenvalue weighted by molar-refractivity contribution is 8.14. The predicted octanol–water partition coefficient (Wildman–Crippen LogP) is 4.21. The summed E-state index contributed by atoms with van der Waals surface area (Å²) in [6.07, 6.45) is 0.639. The molecule has 0 radical (unpaired) electrons. The lowest BCUT2D eigenvalue weighted by molar-refractivity contribution is -0.137. The van der Waals surface area contributed by atoms with Gasteiger partial charge < -0.3 is 5.32 Å². The van der Waals surface area contributed by atoms with Crippen molar-refractivity contribution in [2.24, 2.45) is 4.99 Å². The van der Waals surface area contributed by atoms with Crippen molar-refractivity contribution in [2.75, 3.05) is 5.75 Å². The molecule has 2 fully saturated rings. The molecule has 114 valence electrons. The van der Waals surface area contributed by atoms with E-state index in [9.17, 15) is 13.2 Å². The Balaban J connectivity index is 1.61. The van der Waals surface area contributed by atoms with Crippen LogP contribution < -0.4 is 5.32 Å². The van der Waals surface area contributed by atoms with E-state index >= 15 is 0 Å². The van der Waals surface area contributed by atoms with Crippen LogP contribution in [0.25, 0.3) is 0 Å². The summed E-state index contributed by atoms with van der Waals surface area (Å²) in [5.41, 5.74) is 0.409. The maximum atomic E-state index is 12.5. The molecular weight excluding hydrogens is 297 g/mol. The van der Waals surface area contributed by atoms with Gasteiger partial charge >= 0.3 is 6.18 Å². The van der Waals surface area contributed by atoms with E-state index in [0.717, 1.165) is 28.6 Å². The molecule has 1 aliphatic carbocycles. The van der Waals surface area contributed by atoms with Gasteiger partial charge in [-0.2, -0.15) is 13.2 Å². The number of thioether (sulfide) groups is 1. The second kappa shape index (κ2) is 5.55. The number of aliphatic imine (C=N–C) groups is 1. The first-order chi connectivity index (χ1) is 9.97. The number of amidine groups is 1. The predicted molar refractivity (Wildman–Crippen MR) is 79.4 cm³/mol. The molecular formula is C15H17F3N2S. The first kappa shape index (κ1) is 14.8. The summed E-state index contributed by atoms with van der Waals surface area (Å²) in [7, 11) is 0. The van der Waals surface area contributed by atoms with Crippen molar-refractivity contribution in [1.82, 2.24) is 5.32 Å². The maximum absolute atomic E-state index is 12.5. The monoisotopic (exact) mass is 314 g/mol. The van der Waals surface area contributed by atoms with Gasteiger partial charge in [0.1, 0.15) is 0 Å². The Hall–Kier alpha value is -1.17. The maximum Gasteiger partial charge on any atom is 0.416 e. The summed E-state index contributed by atoms with van der Waals surface area (Å²) < 4.78 is 37.4. The summed E-state index contributed by atoms with van der Waals surface area (Å²) in [6, 6.07) is 5.22. The van der Waals surface area contributed by atoms with Gasteiger partial charge in [-0.3, -0.25) is 4.99 Å². The number of nitrogens with one attached hydrogen (secondary N) is 1. The quantitative estimate of drug-likeness (QED) is 0.884. The van der Waals surface area contributed by atoms with Crippen LogP contribution in [-0.2, 0) is 12.7 Å². The van der Waals surface area contributed by atoms with Crippen molar-refractivity contribution in [3.05, 3.63) is 35.4 Å². The fourth-order valence-electron chi connectivity index (χ4n) is 2.87. The summed E-state index contributed by atoms with van der Waals surface area (Å²) in [4.78, 5) is 4.49. The molecule has 1 saturated carbocycles. The van der Waals surface area contributed by atoms with Gasteiger partial charge in [-0.1, -0.05) is 36.7 Å². The summed E-state index contributed by atoms with van der Waals surface area (Å²) >= 11 is 1.72. The van der Waals surface area contributed by atoms with E-state index < -0.39 is 11.7 Å². The van der Waals surface area contributed by atoms with Gasteiger partial charge in [0.25, 0.3) is 0 Å². The molecule has 1 spiro atoms. The molecule has 3 rings (SSSR count). The Morgan fingerprint density at radius 1 is 1.14 bits per heavy atom. The van der Waals surface area contributed by atoms with Crippen LogP contribution in [-0.4, -0.2) is 16.5 Å². The van der Waals surface area contributed by atoms with Gasteiger partial charge in [-0.05, 0) is 30.5 Å². The van der Waals surface area contributed by atoms with Crippen molar-refractivity contribution in [3.63, 3.8) is 0 Å². The van der Waals surface area contributed by atoms with E-state index in [1.165, 1.54) is 37.8 Å². The highest BCUT2D eigenvalue weighted by Gasteiger charge is 2.39. The lowest BCUT2D eigenvalue weighted by Gasteiger charge is -2.21. The Kier molecular flexibility index (Phi) is 3.90. The van der Waals surface area contributed by atoms with Gasteiger partial charge in [0.05, 0.1) is 12.1 Å². The number of nitrogens with zero attached hydrogens (tertiary/aromatic N) is 1. The molecule has 1 heterocycles. The smallest absolute Gasteiger partial charge is 0.359 e. The Morgan fingerprint density at radius 2 is 1.81 bits per heavy atom. The first-order valence-corrected chi connectivity index (χ1v) is 8.07. The van der Waals surface area contributed by atoms with Gasteiger partial charge in [-0.25, -0.2) is 0 Å². The van der Waals surface area contributed by atoms with Crippen molar-refractivity contribution in [2.45, 2.75) is 43.9 Å². The molecule has 0 bridgehead atoms. The number of rotatable bonds is 2. The standard InChI is InChI=1S/C15H17F3N2S/c16-15(17,18)12-5-3-11(4-6-12)9-19-13-20-14(10-21-13)7-1-2-8-14/h3-6H,1-2,7-10H2,(H,19,20). The Labute approximate surface area is 126 Å². The third kappa shape index (κ3) is 3.36. The summed E-state index contributed by atoms with van der Waals surface area (Å²) in [5.74, 6) is 1.05. The number of alkyl halides is 3. The molecule has 1 aromatic carbocycles. The van der Waals surface area contributed by atoms with Crippen LogP contribution in [0.1, 0.15) is 36.8 Å². The SMILES string of the molecule is FC(F)(F)c1ccc(CN=C2NC3(CCCC3)CS2)cc1. The van der Waals surface area contributed by atoms with Crippen LogP contribution in [0, 0.1) is 0 Å². The minimum atomic E-state index is -4.28. The van der Waals surface area contributed by atoms with Crippen LogP contribution >= 0.6 is 11.8 Å². The molecule has 1 saturated heterocycles. The summed E-state index contributed by atoms with van der Waals surface area (Å²) in [6.45, 7) is 0.420. The highest BCUT2D eigenvalue weighted by Crippen LogP contribution is 2.37. The van der Waals surface area contributed by atoms with Crippen LogP contribution in [0.4, 0.5) is 13.2 Å². The molecule has 0 amide bonds. The Morgan fingerprint density at radius 3 is 2.43 bits per heavy atom. The van der Waals surface area contributed by atoms with E-state index in [1.54, 1.807) is 11.8 Å². The second-order valence-corrected chi connectivity index (χ2v) is 6.68. The molecule has 1 N–H and O–H groups in total. The molecule has 1 aromatic rings. The number of hydrogen-bond donors (Lipinski definition) is 1. The lowest BCUT2D eigenvalue weighted by atomic mass is 10.0. The van der Waals surface area contributed by atoms with Crippen molar-refractivity contribution in [1.29, 1.82) is 0 Å². The van der Waals surface area contributed by atoms with Crippen LogP contribution in [0.5, 0.6) is 0 Å². The number of hydrogen-bond acceptors (Lipinski definition) is 2. The third-order valence-electron chi connectivity index (χ3n) is 4.10. The van der Waals surface area contributed by atoms with Crippen LogP contribution in [0.15, 0.2) is 29.3 Å². The summed E-state index contributed by atoms with van der Waals surface area (Å²) in [5, 5.41) is 4.43. The van der Waals surface area contributed by atoms with E-state index in [0.29, 0.717) is 6.54 Å². The largest absolute Gasteiger partial charge is 0.416 e. The fraction of sp³-hybridized carbons (Fsp3) is 0.533. The van der Waals surface area contributed by atoms with Crippen molar-refractivity contribution >= 4 is 16.9 Å².